The third-order valence-electron chi connectivity index (χ3n) is 2.77. The number of anilines is 1. The van der Waals surface area contributed by atoms with E-state index in [2.05, 4.69) is 5.32 Å². The Morgan fingerprint density at radius 2 is 2.12 bits per heavy atom. The molecule has 0 spiro atoms. The van der Waals surface area contributed by atoms with Gasteiger partial charge in [0.1, 0.15) is 0 Å². The van der Waals surface area contributed by atoms with Gasteiger partial charge in [0, 0.05) is 0 Å². The summed E-state index contributed by atoms with van der Waals surface area (Å²) in [7, 11) is 0. The van der Waals surface area contributed by atoms with Crippen molar-refractivity contribution in [1.29, 1.82) is 0 Å². The molecule has 0 bridgehead atoms. The Morgan fingerprint density at radius 1 is 1.47 bits per heavy atom. The number of rotatable bonds is 4. The number of hydrogen-bond acceptors (Lipinski definition) is 2. The van der Waals surface area contributed by atoms with Crippen molar-refractivity contribution in [2.75, 3.05) is 5.32 Å². The van der Waals surface area contributed by atoms with Gasteiger partial charge in [-0.1, -0.05) is 26.3 Å². The molecule has 94 valence electrons. The standard InChI is InChI=1S/C12H16F2N2O/c1-3-7(2)11(15)12(17)16-9-6-4-5-8(13)10(9)14/h4-7,11H,3,15H2,1-2H3,(H,16,17)/t7?,11-/m0/s1. The number of amides is 1. The molecule has 0 saturated carbocycles. The van der Waals surface area contributed by atoms with Crippen molar-refractivity contribution in [1.82, 2.24) is 0 Å². The molecule has 0 aromatic heterocycles. The zero-order valence-corrected chi connectivity index (χ0v) is 9.84. The molecule has 1 rings (SSSR count). The minimum absolute atomic E-state index is 0.0216. The van der Waals surface area contributed by atoms with Crippen LogP contribution in [0.25, 0.3) is 0 Å². The van der Waals surface area contributed by atoms with E-state index in [0.717, 1.165) is 12.5 Å². The molecule has 1 aromatic carbocycles. The van der Waals surface area contributed by atoms with Gasteiger partial charge in [0.15, 0.2) is 11.6 Å². The summed E-state index contributed by atoms with van der Waals surface area (Å²) in [5.74, 6) is -2.60. The molecule has 1 aromatic rings. The van der Waals surface area contributed by atoms with Crippen LogP contribution in [0, 0.1) is 17.6 Å². The zero-order chi connectivity index (χ0) is 13.0. The fourth-order valence-electron chi connectivity index (χ4n) is 1.33. The van der Waals surface area contributed by atoms with E-state index >= 15 is 0 Å². The van der Waals surface area contributed by atoms with Crippen LogP contribution in [0.3, 0.4) is 0 Å². The third kappa shape index (κ3) is 3.23. The van der Waals surface area contributed by atoms with Gasteiger partial charge in [-0.25, -0.2) is 8.78 Å². The van der Waals surface area contributed by atoms with Crippen LogP contribution >= 0.6 is 0 Å². The zero-order valence-electron chi connectivity index (χ0n) is 9.84. The summed E-state index contributed by atoms with van der Waals surface area (Å²) < 4.78 is 26.2. The smallest absolute Gasteiger partial charge is 0.241 e. The van der Waals surface area contributed by atoms with Gasteiger partial charge in [0.25, 0.3) is 0 Å². The van der Waals surface area contributed by atoms with Crippen LogP contribution in [-0.2, 0) is 4.79 Å². The summed E-state index contributed by atoms with van der Waals surface area (Å²) in [4.78, 5) is 11.7. The van der Waals surface area contributed by atoms with Crippen molar-refractivity contribution in [3.8, 4) is 0 Å². The molecule has 1 unspecified atom stereocenters. The number of nitrogens with two attached hydrogens (primary N) is 1. The van der Waals surface area contributed by atoms with Crippen LogP contribution in [0.4, 0.5) is 14.5 Å². The maximum absolute atomic E-state index is 13.3. The Kier molecular flexibility index (Phi) is 4.57. The first-order valence-electron chi connectivity index (χ1n) is 5.47. The Balaban J connectivity index is 2.78. The van der Waals surface area contributed by atoms with Crippen molar-refractivity contribution in [2.24, 2.45) is 11.7 Å². The second-order valence-corrected chi connectivity index (χ2v) is 4.00. The van der Waals surface area contributed by atoms with Gasteiger partial charge in [0.05, 0.1) is 11.7 Å². The van der Waals surface area contributed by atoms with Gasteiger partial charge in [-0.05, 0) is 18.1 Å². The number of carbonyl (C=O) groups excluding carboxylic acids is 1. The Bertz CT molecular complexity index is 409. The van der Waals surface area contributed by atoms with E-state index in [4.69, 9.17) is 5.73 Å². The van der Waals surface area contributed by atoms with Crippen LogP contribution in [0.2, 0.25) is 0 Å². The molecule has 3 nitrogen and oxygen atoms in total. The molecule has 0 aliphatic heterocycles. The van der Waals surface area contributed by atoms with E-state index in [0.29, 0.717) is 0 Å². The van der Waals surface area contributed by atoms with Crippen molar-refractivity contribution in [3.63, 3.8) is 0 Å². The van der Waals surface area contributed by atoms with E-state index in [1.165, 1.54) is 12.1 Å². The van der Waals surface area contributed by atoms with Crippen molar-refractivity contribution >= 4 is 11.6 Å². The average Bonchev–Trinajstić information content (AvgIpc) is 2.32. The quantitative estimate of drug-likeness (QED) is 0.851. The molecule has 0 heterocycles. The summed E-state index contributed by atoms with van der Waals surface area (Å²) in [6, 6.07) is 2.87. The second-order valence-electron chi connectivity index (χ2n) is 4.00. The summed E-state index contributed by atoms with van der Waals surface area (Å²) in [5.41, 5.74) is 5.49. The van der Waals surface area contributed by atoms with Crippen molar-refractivity contribution in [2.45, 2.75) is 26.3 Å². The molecule has 1 amide bonds. The molecule has 0 aliphatic carbocycles. The van der Waals surface area contributed by atoms with Crippen LogP contribution < -0.4 is 11.1 Å². The van der Waals surface area contributed by atoms with Crippen LogP contribution in [0.15, 0.2) is 18.2 Å². The lowest BCUT2D eigenvalue weighted by molar-refractivity contribution is -0.118. The van der Waals surface area contributed by atoms with Gasteiger partial charge >= 0.3 is 0 Å². The normalized spacial score (nSPS) is 14.2. The Morgan fingerprint density at radius 3 is 2.71 bits per heavy atom. The van der Waals surface area contributed by atoms with Crippen molar-refractivity contribution < 1.29 is 13.6 Å². The first kappa shape index (κ1) is 13.6. The predicted molar refractivity (Wildman–Crippen MR) is 62.4 cm³/mol. The third-order valence-corrected chi connectivity index (χ3v) is 2.77. The molecule has 0 aliphatic rings. The second kappa shape index (κ2) is 5.72. The predicted octanol–water partition coefficient (Wildman–Crippen LogP) is 2.28. The van der Waals surface area contributed by atoms with Gasteiger partial charge in [-0.2, -0.15) is 0 Å². The average molecular weight is 242 g/mol. The van der Waals surface area contributed by atoms with Gasteiger partial charge < -0.3 is 11.1 Å². The highest BCUT2D eigenvalue weighted by atomic mass is 19.2. The van der Waals surface area contributed by atoms with Gasteiger partial charge in [0.2, 0.25) is 5.91 Å². The summed E-state index contributed by atoms with van der Waals surface area (Å²) in [5, 5.41) is 2.29. The maximum Gasteiger partial charge on any atom is 0.241 e. The molecule has 2 atom stereocenters. The molecule has 3 N–H and O–H groups in total. The molecule has 0 radical (unpaired) electrons. The van der Waals surface area contributed by atoms with E-state index < -0.39 is 23.6 Å². The van der Waals surface area contributed by atoms with Crippen molar-refractivity contribution in [3.05, 3.63) is 29.8 Å². The molecular formula is C12H16F2N2O. The number of hydrogen-bond donors (Lipinski definition) is 2. The molecule has 17 heavy (non-hydrogen) atoms. The number of nitrogens with one attached hydrogen (secondary N) is 1. The van der Waals surface area contributed by atoms with E-state index in [9.17, 15) is 13.6 Å². The highest BCUT2D eigenvalue weighted by molar-refractivity contribution is 5.94. The highest BCUT2D eigenvalue weighted by Gasteiger charge is 2.20. The molecule has 0 fully saturated rings. The maximum atomic E-state index is 13.3. The first-order chi connectivity index (χ1) is 7.97. The molecular weight excluding hydrogens is 226 g/mol. The first-order valence-corrected chi connectivity index (χ1v) is 5.47. The topological polar surface area (TPSA) is 55.1 Å². The molecule has 0 saturated heterocycles. The number of halogens is 2. The SMILES string of the molecule is CCC(C)[C@H](N)C(=O)Nc1cccc(F)c1F. The highest BCUT2D eigenvalue weighted by Crippen LogP contribution is 2.17. The van der Waals surface area contributed by atoms with Gasteiger partial charge in [-0.3, -0.25) is 4.79 Å². The lowest BCUT2D eigenvalue weighted by Crippen LogP contribution is -2.40. The molecule has 5 heteroatoms. The van der Waals surface area contributed by atoms with Gasteiger partial charge in [-0.15, -0.1) is 0 Å². The van der Waals surface area contributed by atoms with Crippen LogP contribution in [0.1, 0.15) is 20.3 Å². The lowest BCUT2D eigenvalue weighted by atomic mass is 9.99. The van der Waals surface area contributed by atoms with E-state index in [1.54, 1.807) is 0 Å². The fraction of sp³-hybridized carbons (Fsp3) is 0.417. The van der Waals surface area contributed by atoms with E-state index in [1.807, 2.05) is 13.8 Å². The lowest BCUT2D eigenvalue weighted by Gasteiger charge is -2.17. The minimum Gasteiger partial charge on any atom is -0.322 e. The monoisotopic (exact) mass is 242 g/mol. The Labute approximate surface area is 99.0 Å². The summed E-state index contributed by atoms with van der Waals surface area (Å²) in [6.45, 7) is 3.73. The summed E-state index contributed by atoms with van der Waals surface area (Å²) >= 11 is 0. The largest absolute Gasteiger partial charge is 0.322 e. The number of carbonyl (C=O) groups is 1. The van der Waals surface area contributed by atoms with E-state index in [-0.39, 0.29) is 11.6 Å². The fourth-order valence-corrected chi connectivity index (χ4v) is 1.33. The van der Waals surface area contributed by atoms with Crippen LogP contribution in [-0.4, -0.2) is 11.9 Å². The minimum atomic E-state index is -1.07. The number of benzene rings is 1. The van der Waals surface area contributed by atoms with Crippen LogP contribution in [0.5, 0.6) is 0 Å². The summed E-state index contributed by atoms with van der Waals surface area (Å²) in [6.07, 6.45) is 0.736. The Hall–Kier alpha value is -1.49.